The standard InChI is InChI=1S/C53H39NO/c1-34-29-36(53(35-15-5-4-6-16-35)47-22-12-8-18-41(47)42-19-9-13-23-48(42)53)31-39(30-34)54(38-26-28-45-44-20-10-14-24-50(44)55-51(45)33-38)37-25-27-43-40-17-7-11-21-46(40)52(2,3)49(43)32-37/h4-33H,1-3H3. The summed E-state index contributed by atoms with van der Waals surface area (Å²) in [6.07, 6.45) is 0. The van der Waals surface area contributed by atoms with Crippen molar-refractivity contribution in [2.45, 2.75) is 31.6 Å². The van der Waals surface area contributed by atoms with Crippen molar-refractivity contribution in [3.63, 3.8) is 0 Å². The molecule has 0 radical (unpaired) electrons. The normalized spacial score (nSPS) is 14.4. The van der Waals surface area contributed by atoms with Crippen LogP contribution < -0.4 is 4.90 Å². The Labute approximate surface area is 322 Å². The molecule has 262 valence electrons. The molecule has 0 aliphatic heterocycles. The minimum absolute atomic E-state index is 0.136. The minimum atomic E-state index is -0.509. The van der Waals surface area contributed by atoms with Gasteiger partial charge in [-0.05, 0) is 111 Å². The number of rotatable bonds is 5. The molecule has 2 aliphatic rings. The molecular weight excluding hydrogens is 667 g/mol. The van der Waals surface area contributed by atoms with Crippen LogP contribution >= 0.6 is 0 Å². The molecular formula is C53H39NO. The van der Waals surface area contributed by atoms with E-state index in [9.17, 15) is 0 Å². The Hall–Kier alpha value is -6.64. The molecule has 2 aliphatic carbocycles. The average Bonchev–Trinajstić information content (AvgIpc) is 3.82. The summed E-state index contributed by atoms with van der Waals surface area (Å²) in [6, 6.07) is 67.2. The van der Waals surface area contributed by atoms with Crippen molar-refractivity contribution in [1.29, 1.82) is 0 Å². The van der Waals surface area contributed by atoms with Crippen molar-refractivity contribution in [3.8, 4) is 22.3 Å². The van der Waals surface area contributed by atoms with E-state index >= 15 is 0 Å². The van der Waals surface area contributed by atoms with Crippen molar-refractivity contribution in [2.75, 3.05) is 4.90 Å². The predicted octanol–water partition coefficient (Wildman–Crippen LogP) is 14.0. The highest BCUT2D eigenvalue weighted by molar-refractivity contribution is 6.06. The summed E-state index contributed by atoms with van der Waals surface area (Å²) in [5.41, 5.74) is 18.7. The fourth-order valence-electron chi connectivity index (χ4n) is 9.95. The Balaban J connectivity index is 1.18. The molecule has 0 spiro atoms. The van der Waals surface area contributed by atoms with Gasteiger partial charge in [-0.25, -0.2) is 0 Å². The van der Waals surface area contributed by atoms with E-state index in [2.05, 4.69) is 202 Å². The van der Waals surface area contributed by atoms with Gasteiger partial charge >= 0.3 is 0 Å². The first-order valence-corrected chi connectivity index (χ1v) is 19.3. The zero-order valence-corrected chi connectivity index (χ0v) is 31.2. The summed E-state index contributed by atoms with van der Waals surface area (Å²) >= 11 is 0. The first-order chi connectivity index (χ1) is 26.9. The van der Waals surface area contributed by atoms with Crippen molar-refractivity contribution < 1.29 is 4.42 Å². The number of fused-ring (bicyclic) bond motifs is 9. The number of hydrogen-bond acceptors (Lipinski definition) is 2. The maximum absolute atomic E-state index is 6.52. The Morgan fingerprint density at radius 1 is 0.400 bits per heavy atom. The van der Waals surface area contributed by atoms with Crippen LogP contribution in [0.3, 0.4) is 0 Å². The van der Waals surface area contributed by atoms with Gasteiger partial charge in [0.05, 0.1) is 5.41 Å². The molecule has 11 rings (SSSR count). The summed E-state index contributed by atoms with van der Waals surface area (Å²) in [4.78, 5) is 2.44. The van der Waals surface area contributed by atoms with E-state index in [1.807, 2.05) is 6.07 Å². The largest absolute Gasteiger partial charge is 0.456 e. The maximum Gasteiger partial charge on any atom is 0.137 e. The maximum atomic E-state index is 6.52. The number of anilines is 3. The Morgan fingerprint density at radius 3 is 1.71 bits per heavy atom. The monoisotopic (exact) mass is 705 g/mol. The molecule has 55 heavy (non-hydrogen) atoms. The second kappa shape index (κ2) is 11.7. The number of para-hydroxylation sites is 1. The van der Waals surface area contributed by atoms with E-state index in [-0.39, 0.29) is 5.41 Å². The molecule has 1 heterocycles. The van der Waals surface area contributed by atoms with Crippen LogP contribution in [0.4, 0.5) is 17.1 Å². The molecule has 0 amide bonds. The minimum Gasteiger partial charge on any atom is -0.456 e. The van der Waals surface area contributed by atoms with Gasteiger partial charge in [-0.2, -0.15) is 0 Å². The third-order valence-corrected chi connectivity index (χ3v) is 12.4. The lowest BCUT2D eigenvalue weighted by Crippen LogP contribution is -2.29. The van der Waals surface area contributed by atoms with Crippen LogP contribution in [0, 0.1) is 6.92 Å². The molecule has 8 aromatic carbocycles. The Morgan fingerprint density at radius 2 is 0.964 bits per heavy atom. The van der Waals surface area contributed by atoms with E-state index in [4.69, 9.17) is 4.42 Å². The first-order valence-electron chi connectivity index (χ1n) is 19.3. The highest BCUT2D eigenvalue weighted by Crippen LogP contribution is 2.57. The van der Waals surface area contributed by atoms with Gasteiger partial charge in [0.25, 0.3) is 0 Å². The third kappa shape index (κ3) is 4.49. The summed E-state index contributed by atoms with van der Waals surface area (Å²) in [7, 11) is 0. The van der Waals surface area contributed by atoms with Crippen LogP contribution in [0.5, 0.6) is 0 Å². The summed E-state index contributed by atoms with van der Waals surface area (Å²) in [5.74, 6) is 0. The molecule has 9 aromatic rings. The number of furan rings is 1. The molecule has 0 atom stereocenters. The highest BCUT2D eigenvalue weighted by Gasteiger charge is 2.46. The van der Waals surface area contributed by atoms with Crippen molar-refractivity contribution >= 4 is 39.0 Å². The fraction of sp³-hybridized carbons (Fsp3) is 0.0943. The summed E-state index contributed by atoms with van der Waals surface area (Å²) in [6.45, 7) is 6.95. The number of nitrogens with zero attached hydrogens (tertiary/aromatic N) is 1. The molecule has 0 saturated carbocycles. The lowest BCUT2D eigenvalue weighted by atomic mass is 9.67. The number of hydrogen-bond donors (Lipinski definition) is 0. The van der Waals surface area contributed by atoms with Gasteiger partial charge in [0.2, 0.25) is 0 Å². The average molecular weight is 706 g/mol. The molecule has 1 aromatic heterocycles. The van der Waals surface area contributed by atoms with Crippen LogP contribution in [0.25, 0.3) is 44.2 Å². The second-order valence-electron chi connectivity index (χ2n) is 15.8. The Bertz CT molecular complexity index is 2940. The zero-order valence-electron chi connectivity index (χ0n) is 31.2. The SMILES string of the molecule is Cc1cc(N(c2ccc3c(c2)C(C)(C)c2ccccc2-3)c2ccc3c(c2)oc2ccccc23)cc(C2(c3ccccc3)c3ccccc3-c3ccccc32)c1. The second-order valence-corrected chi connectivity index (χ2v) is 15.8. The molecule has 0 unspecified atom stereocenters. The lowest BCUT2D eigenvalue weighted by Gasteiger charge is -2.35. The third-order valence-electron chi connectivity index (χ3n) is 12.4. The van der Waals surface area contributed by atoms with Crippen LogP contribution in [0.1, 0.15) is 52.8 Å². The smallest absolute Gasteiger partial charge is 0.137 e. The highest BCUT2D eigenvalue weighted by atomic mass is 16.3. The van der Waals surface area contributed by atoms with E-state index in [1.54, 1.807) is 0 Å². The molecule has 2 nitrogen and oxygen atoms in total. The van der Waals surface area contributed by atoms with Crippen LogP contribution in [0.15, 0.2) is 186 Å². The zero-order chi connectivity index (χ0) is 36.9. The van der Waals surface area contributed by atoms with Crippen LogP contribution in [-0.4, -0.2) is 0 Å². The predicted molar refractivity (Wildman–Crippen MR) is 228 cm³/mol. The topological polar surface area (TPSA) is 16.4 Å². The van der Waals surface area contributed by atoms with Gasteiger partial charge < -0.3 is 9.32 Å². The summed E-state index contributed by atoms with van der Waals surface area (Å²) < 4.78 is 6.52. The summed E-state index contributed by atoms with van der Waals surface area (Å²) in [5, 5.41) is 2.26. The molecule has 2 heteroatoms. The van der Waals surface area contributed by atoms with E-state index in [0.717, 1.165) is 39.0 Å². The van der Waals surface area contributed by atoms with Crippen molar-refractivity contribution in [2.24, 2.45) is 0 Å². The quantitative estimate of drug-likeness (QED) is 0.177. The number of aryl methyl sites for hydroxylation is 1. The molecule has 0 bridgehead atoms. The van der Waals surface area contributed by atoms with E-state index in [0.29, 0.717) is 0 Å². The van der Waals surface area contributed by atoms with Gasteiger partial charge in [0.1, 0.15) is 11.2 Å². The fourth-order valence-corrected chi connectivity index (χ4v) is 9.95. The first kappa shape index (κ1) is 31.8. The van der Waals surface area contributed by atoms with Crippen LogP contribution in [-0.2, 0) is 10.8 Å². The van der Waals surface area contributed by atoms with Gasteiger partial charge in [0.15, 0.2) is 0 Å². The molecule has 0 N–H and O–H groups in total. The van der Waals surface area contributed by atoms with Gasteiger partial charge in [-0.3, -0.25) is 0 Å². The van der Waals surface area contributed by atoms with Crippen LogP contribution in [0.2, 0.25) is 0 Å². The van der Waals surface area contributed by atoms with E-state index in [1.165, 1.54) is 61.2 Å². The van der Waals surface area contributed by atoms with E-state index < -0.39 is 5.41 Å². The van der Waals surface area contributed by atoms with Crippen molar-refractivity contribution in [3.05, 3.63) is 221 Å². The molecule has 0 fully saturated rings. The van der Waals surface area contributed by atoms with Gasteiger partial charge in [-0.15, -0.1) is 0 Å². The van der Waals surface area contributed by atoms with Gasteiger partial charge in [-0.1, -0.05) is 147 Å². The molecule has 0 saturated heterocycles. The lowest BCUT2D eigenvalue weighted by molar-refractivity contribution is 0.660. The number of benzene rings is 8. The van der Waals surface area contributed by atoms with Crippen molar-refractivity contribution in [1.82, 2.24) is 0 Å². The Kier molecular flexibility index (Phi) is 6.76. The van der Waals surface area contributed by atoms with Gasteiger partial charge in [0, 0.05) is 39.3 Å².